The lowest BCUT2D eigenvalue weighted by Crippen LogP contribution is -2.27. The predicted molar refractivity (Wildman–Crippen MR) is 60.3 cm³/mol. The van der Waals surface area contributed by atoms with Crippen molar-refractivity contribution in [1.82, 2.24) is 0 Å². The molecule has 1 nitrogen and oxygen atoms in total. The van der Waals surface area contributed by atoms with Crippen LogP contribution < -0.4 is 5.32 Å². The molecule has 1 heteroatoms. The summed E-state index contributed by atoms with van der Waals surface area (Å²) in [5, 5.41) is 3.46. The normalized spacial score (nSPS) is 31.6. The van der Waals surface area contributed by atoms with Gasteiger partial charge in [0, 0.05) is 13.1 Å². The minimum atomic E-state index is -0.0843. The zero-order chi connectivity index (χ0) is 11.1. The molecule has 3 rings (SSSR count). The van der Waals surface area contributed by atoms with Gasteiger partial charge in [0.05, 0.1) is 1.37 Å². The van der Waals surface area contributed by atoms with Gasteiger partial charge in [-0.15, -0.1) is 0 Å². The molecule has 1 aromatic carbocycles. The van der Waals surface area contributed by atoms with Crippen molar-refractivity contribution in [2.45, 2.75) is 31.7 Å². The van der Waals surface area contributed by atoms with Crippen molar-refractivity contribution in [3.63, 3.8) is 0 Å². The number of hydrogen-bond donors (Lipinski definition) is 1. The minimum Gasteiger partial charge on any atom is -0.378 e. The first-order valence-electron chi connectivity index (χ1n) is 6.33. The second kappa shape index (κ2) is 3.16. The molecule has 0 spiro atoms. The molecule has 1 aliphatic heterocycles. The van der Waals surface area contributed by atoms with Crippen LogP contribution in [-0.4, -0.2) is 6.04 Å². The largest absolute Gasteiger partial charge is 0.378 e. The van der Waals surface area contributed by atoms with Crippen molar-refractivity contribution < 1.29 is 2.74 Å². The molecule has 14 heavy (non-hydrogen) atoms. The monoisotopic (exact) mass is 187 g/mol. The van der Waals surface area contributed by atoms with Gasteiger partial charge in [0.25, 0.3) is 0 Å². The molecule has 1 heterocycles. The molecule has 1 aliphatic carbocycles. The van der Waals surface area contributed by atoms with Gasteiger partial charge in [-0.25, -0.2) is 0 Å². The maximum atomic E-state index is 8.04. The van der Waals surface area contributed by atoms with E-state index in [1.807, 2.05) is 12.1 Å². The summed E-state index contributed by atoms with van der Waals surface area (Å²) in [4.78, 5) is 0. The van der Waals surface area contributed by atoms with E-state index in [1.165, 1.54) is 5.57 Å². The van der Waals surface area contributed by atoms with E-state index in [0.29, 0.717) is 12.1 Å². The SMILES string of the molecule is [2H]c1cccc2c1C=C1C([2H])CCCC1N2. The highest BCUT2D eigenvalue weighted by Crippen LogP contribution is 2.34. The smallest absolute Gasteiger partial charge is 0.0630 e. The molecule has 0 amide bonds. The van der Waals surface area contributed by atoms with Crippen LogP contribution >= 0.6 is 0 Å². The van der Waals surface area contributed by atoms with E-state index >= 15 is 0 Å². The molecule has 2 atom stereocenters. The highest BCUT2D eigenvalue weighted by molar-refractivity contribution is 5.73. The van der Waals surface area contributed by atoms with E-state index in [4.69, 9.17) is 2.74 Å². The lowest BCUT2D eigenvalue weighted by atomic mass is 9.86. The van der Waals surface area contributed by atoms with Crippen molar-refractivity contribution in [3.05, 3.63) is 35.4 Å². The molecule has 0 radical (unpaired) electrons. The Morgan fingerprint density at radius 3 is 3.43 bits per heavy atom. The van der Waals surface area contributed by atoms with Crippen LogP contribution in [0.4, 0.5) is 5.69 Å². The summed E-state index contributed by atoms with van der Waals surface area (Å²) in [6, 6.07) is 6.61. The first-order valence-corrected chi connectivity index (χ1v) is 5.25. The molecule has 1 fully saturated rings. The second-order valence-electron chi connectivity index (χ2n) is 3.97. The van der Waals surface area contributed by atoms with Crippen molar-refractivity contribution in [2.24, 2.45) is 0 Å². The summed E-state index contributed by atoms with van der Waals surface area (Å²) < 4.78 is 15.9. The van der Waals surface area contributed by atoms with Crippen molar-refractivity contribution >= 4 is 11.8 Å². The third kappa shape index (κ3) is 1.24. The van der Waals surface area contributed by atoms with Gasteiger partial charge in [-0.1, -0.05) is 30.7 Å². The van der Waals surface area contributed by atoms with Gasteiger partial charge in [0.15, 0.2) is 0 Å². The number of anilines is 1. The van der Waals surface area contributed by atoms with Crippen LogP contribution in [-0.2, 0) is 0 Å². The van der Waals surface area contributed by atoms with E-state index in [0.717, 1.165) is 30.5 Å². The summed E-state index contributed by atoms with van der Waals surface area (Å²) in [7, 11) is 0. The number of benzene rings is 1. The summed E-state index contributed by atoms with van der Waals surface area (Å²) in [5.41, 5.74) is 3.17. The fourth-order valence-electron chi connectivity index (χ4n) is 2.26. The Hall–Kier alpha value is -1.24. The Bertz CT molecular complexity index is 453. The fraction of sp³-hybridized carbons (Fsp3) is 0.385. The van der Waals surface area contributed by atoms with Gasteiger partial charge in [-0.2, -0.15) is 0 Å². The van der Waals surface area contributed by atoms with Crippen LogP contribution in [0.15, 0.2) is 29.8 Å². The van der Waals surface area contributed by atoms with Gasteiger partial charge in [-0.3, -0.25) is 0 Å². The number of para-hydroxylation sites is 1. The van der Waals surface area contributed by atoms with Crippen LogP contribution in [0.2, 0.25) is 0 Å². The Balaban J connectivity index is 2.09. The lowest BCUT2D eigenvalue weighted by Gasteiger charge is -2.31. The molecule has 0 bridgehead atoms. The molecule has 1 N–H and O–H groups in total. The summed E-state index contributed by atoms with van der Waals surface area (Å²) in [6.07, 6.45) is 5.18. The molecular formula is C13H15N. The van der Waals surface area contributed by atoms with Crippen molar-refractivity contribution in [1.29, 1.82) is 0 Å². The van der Waals surface area contributed by atoms with Crippen LogP contribution in [0, 0.1) is 0 Å². The van der Waals surface area contributed by atoms with Gasteiger partial charge in [0.2, 0.25) is 0 Å². The second-order valence-corrected chi connectivity index (χ2v) is 3.97. The number of nitrogens with one attached hydrogen (secondary N) is 1. The van der Waals surface area contributed by atoms with E-state index < -0.39 is 0 Å². The number of fused-ring (bicyclic) bond motifs is 2. The quantitative estimate of drug-likeness (QED) is 0.656. The lowest BCUT2D eigenvalue weighted by molar-refractivity contribution is 0.558. The van der Waals surface area contributed by atoms with E-state index in [1.54, 1.807) is 6.07 Å². The molecule has 0 aromatic heterocycles. The maximum absolute atomic E-state index is 8.04. The Kier molecular flexibility index (Phi) is 1.42. The molecule has 1 saturated carbocycles. The summed E-state index contributed by atoms with van der Waals surface area (Å²) in [5.74, 6) is 0. The molecule has 2 aliphatic rings. The van der Waals surface area contributed by atoms with Crippen molar-refractivity contribution in [3.8, 4) is 0 Å². The topological polar surface area (TPSA) is 12.0 Å². The van der Waals surface area contributed by atoms with Crippen molar-refractivity contribution in [2.75, 3.05) is 5.32 Å². The molecule has 1 aromatic rings. The molecule has 72 valence electrons. The average Bonchev–Trinajstić information content (AvgIpc) is 2.28. The summed E-state index contributed by atoms with van der Waals surface area (Å²) in [6.45, 7) is 0. The standard InChI is InChI=1S/C13H15N/c1-3-7-12-10(5-1)9-11-6-2-4-8-13(11)14-12/h1,3,5,7,9,13-14H,2,4,6,8H2/i5D,6D. The molecule has 2 unspecified atom stereocenters. The highest BCUT2D eigenvalue weighted by atomic mass is 14.9. The van der Waals surface area contributed by atoms with Crippen LogP contribution in [0.1, 0.15) is 34.0 Å². The Labute approximate surface area is 87.6 Å². The zero-order valence-electron chi connectivity index (χ0n) is 10.1. The predicted octanol–water partition coefficient (Wildman–Crippen LogP) is 3.44. The first kappa shape index (κ1) is 6.28. The summed E-state index contributed by atoms with van der Waals surface area (Å²) >= 11 is 0. The minimum absolute atomic E-state index is 0.0843. The fourth-order valence-corrected chi connectivity index (χ4v) is 2.26. The van der Waals surface area contributed by atoms with Crippen LogP contribution in [0.5, 0.6) is 0 Å². The number of hydrogen-bond acceptors (Lipinski definition) is 1. The first-order chi connectivity index (χ1) is 7.75. The zero-order valence-corrected chi connectivity index (χ0v) is 8.09. The van der Waals surface area contributed by atoms with Gasteiger partial charge in [-0.05, 0) is 36.4 Å². The van der Waals surface area contributed by atoms with Gasteiger partial charge in [0.1, 0.15) is 0 Å². The molecular weight excluding hydrogens is 170 g/mol. The highest BCUT2D eigenvalue weighted by Gasteiger charge is 2.22. The van der Waals surface area contributed by atoms with Gasteiger partial charge < -0.3 is 5.32 Å². The van der Waals surface area contributed by atoms with Crippen LogP contribution in [0.25, 0.3) is 6.08 Å². The maximum Gasteiger partial charge on any atom is 0.0630 e. The molecule has 0 saturated heterocycles. The van der Waals surface area contributed by atoms with Gasteiger partial charge >= 0.3 is 0 Å². The van der Waals surface area contributed by atoms with E-state index in [2.05, 4.69) is 11.4 Å². The van der Waals surface area contributed by atoms with E-state index in [-0.39, 0.29) is 6.40 Å². The number of rotatable bonds is 0. The third-order valence-corrected chi connectivity index (χ3v) is 3.01. The third-order valence-electron chi connectivity index (χ3n) is 3.01. The van der Waals surface area contributed by atoms with E-state index in [9.17, 15) is 0 Å². The van der Waals surface area contributed by atoms with Crippen LogP contribution in [0.3, 0.4) is 0 Å². The Morgan fingerprint density at radius 1 is 1.43 bits per heavy atom. The average molecular weight is 187 g/mol. The Morgan fingerprint density at radius 2 is 2.43 bits per heavy atom.